The fourth-order valence-electron chi connectivity index (χ4n) is 3.06. The molecule has 0 bridgehead atoms. The topological polar surface area (TPSA) is 67.0 Å². The van der Waals surface area contributed by atoms with Crippen molar-refractivity contribution in [2.24, 2.45) is 0 Å². The van der Waals surface area contributed by atoms with Crippen molar-refractivity contribution in [3.05, 3.63) is 77.9 Å². The van der Waals surface area contributed by atoms with Crippen molar-refractivity contribution in [1.29, 1.82) is 0 Å². The van der Waals surface area contributed by atoms with E-state index in [-0.39, 0.29) is 5.91 Å². The van der Waals surface area contributed by atoms with Crippen molar-refractivity contribution < 1.29 is 9.53 Å². The molecule has 134 valence electrons. The minimum absolute atomic E-state index is 0.173. The van der Waals surface area contributed by atoms with Crippen molar-refractivity contribution in [3.8, 4) is 17.1 Å². The van der Waals surface area contributed by atoms with E-state index in [1.54, 1.807) is 13.2 Å². The molecule has 5 nitrogen and oxygen atoms in total. The average molecular weight is 357 g/mol. The van der Waals surface area contributed by atoms with E-state index in [4.69, 9.17) is 4.74 Å². The third-order valence-corrected chi connectivity index (χ3v) is 4.50. The molecule has 5 heteroatoms. The van der Waals surface area contributed by atoms with Gasteiger partial charge in [-0.25, -0.2) is 4.98 Å². The van der Waals surface area contributed by atoms with Crippen LogP contribution in [0.5, 0.6) is 5.75 Å². The molecule has 1 heterocycles. The molecule has 0 aliphatic carbocycles. The lowest BCUT2D eigenvalue weighted by Crippen LogP contribution is -2.14. The predicted octanol–water partition coefficient (Wildman–Crippen LogP) is 4.80. The Labute approximate surface area is 157 Å². The molecule has 0 atom stereocenters. The van der Waals surface area contributed by atoms with Gasteiger partial charge in [-0.3, -0.25) is 4.79 Å². The van der Waals surface area contributed by atoms with Gasteiger partial charge in [0.2, 0.25) is 0 Å². The van der Waals surface area contributed by atoms with E-state index in [1.807, 2.05) is 67.6 Å². The fraction of sp³-hybridized carbons (Fsp3) is 0.0909. The molecule has 4 rings (SSSR count). The molecule has 3 aromatic carbocycles. The normalized spacial score (nSPS) is 10.7. The molecule has 0 unspecified atom stereocenters. The number of aromatic amines is 1. The Hall–Kier alpha value is -3.60. The molecule has 0 aliphatic rings. The quantitative estimate of drug-likeness (QED) is 0.551. The number of rotatable bonds is 4. The highest BCUT2D eigenvalue weighted by Crippen LogP contribution is 2.31. The second-order valence-corrected chi connectivity index (χ2v) is 6.29. The number of carbonyl (C=O) groups is 1. The third-order valence-electron chi connectivity index (χ3n) is 4.50. The number of anilines is 1. The Morgan fingerprint density at radius 1 is 1.04 bits per heavy atom. The number of aryl methyl sites for hydroxylation is 1. The van der Waals surface area contributed by atoms with Crippen LogP contribution in [0, 0.1) is 6.92 Å². The number of nitrogens with zero attached hydrogens (tertiary/aromatic N) is 1. The second-order valence-electron chi connectivity index (χ2n) is 6.29. The van der Waals surface area contributed by atoms with Gasteiger partial charge in [-0.2, -0.15) is 0 Å². The van der Waals surface area contributed by atoms with Crippen LogP contribution in [0.1, 0.15) is 15.9 Å². The molecule has 2 N–H and O–H groups in total. The largest absolute Gasteiger partial charge is 0.495 e. The van der Waals surface area contributed by atoms with Crippen LogP contribution < -0.4 is 10.1 Å². The molecule has 0 saturated heterocycles. The summed E-state index contributed by atoms with van der Waals surface area (Å²) in [6, 6.07) is 21.0. The van der Waals surface area contributed by atoms with Crippen molar-refractivity contribution in [3.63, 3.8) is 0 Å². The Balaban J connectivity index is 1.70. The van der Waals surface area contributed by atoms with Crippen LogP contribution in [0.3, 0.4) is 0 Å². The zero-order valence-corrected chi connectivity index (χ0v) is 15.1. The maximum absolute atomic E-state index is 12.7. The first-order chi connectivity index (χ1) is 13.2. The standard InChI is InChI=1S/C22H19N3O2/c1-14-7-3-4-8-16(14)22(26)25-19-13-15(11-12-20(19)27-2)21-23-17-9-5-6-10-18(17)24-21/h3-13H,1-2H3,(H,23,24)(H,25,26). The number of para-hydroxylation sites is 2. The number of methoxy groups -OCH3 is 1. The van der Waals surface area contributed by atoms with E-state index in [2.05, 4.69) is 15.3 Å². The van der Waals surface area contributed by atoms with Crippen molar-refractivity contribution in [2.45, 2.75) is 6.92 Å². The Bertz CT molecular complexity index is 1100. The minimum Gasteiger partial charge on any atom is -0.495 e. The van der Waals surface area contributed by atoms with Crippen molar-refractivity contribution in [2.75, 3.05) is 12.4 Å². The SMILES string of the molecule is COc1ccc(-c2nc3ccccc3[nH]2)cc1NC(=O)c1ccccc1C. The summed E-state index contributed by atoms with van der Waals surface area (Å²) in [5.74, 6) is 1.16. The van der Waals surface area contributed by atoms with Crippen LogP contribution in [-0.2, 0) is 0 Å². The lowest BCUT2D eigenvalue weighted by molar-refractivity contribution is 0.102. The van der Waals surface area contributed by atoms with E-state index < -0.39 is 0 Å². The number of nitrogens with one attached hydrogen (secondary N) is 2. The summed E-state index contributed by atoms with van der Waals surface area (Å²) in [5, 5.41) is 2.96. The van der Waals surface area contributed by atoms with Crippen LogP contribution in [0.4, 0.5) is 5.69 Å². The van der Waals surface area contributed by atoms with Crippen LogP contribution in [0.15, 0.2) is 66.7 Å². The molecular formula is C22H19N3O2. The summed E-state index contributed by atoms with van der Waals surface area (Å²) in [6.07, 6.45) is 0. The summed E-state index contributed by atoms with van der Waals surface area (Å²) in [7, 11) is 1.58. The van der Waals surface area contributed by atoms with Crippen LogP contribution >= 0.6 is 0 Å². The highest BCUT2D eigenvalue weighted by Gasteiger charge is 2.14. The van der Waals surface area contributed by atoms with E-state index in [1.165, 1.54) is 0 Å². The van der Waals surface area contributed by atoms with Crippen molar-refractivity contribution in [1.82, 2.24) is 9.97 Å². The molecule has 0 fully saturated rings. The zero-order valence-electron chi connectivity index (χ0n) is 15.1. The third kappa shape index (κ3) is 3.27. The summed E-state index contributed by atoms with van der Waals surface area (Å²) in [5.41, 5.74) is 4.88. The predicted molar refractivity (Wildman–Crippen MR) is 107 cm³/mol. The number of amides is 1. The molecule has 1 amide bonds. The molecule has 0 radical (unpaired) electrons. The van der Waals surface area contributed by atoms with Gasteiger partial charge in [0.1, 0.15) is 11.6 Å². The molecular weight excluding hydrogens is 338 g/mol. The minimum atomic E-state index is -0.173. The molecule has 27 heavy (non-hydrogen) atoms. The number of H-pyrrole nitrogens is 1. The van der Waals surface area contributed by atoms with Gasteiger partial charge in [-0.05, 0) is 48.9 Å². The molecule has 0 aliphatic heterocycles. The molecule has 0 spiro atoms. The summed E-state index contributed by atoms with van der Waals surface area (Å²) in [4.78, 5) is 20.6. The fourth-order valence-corrected chi connectivity index (χ4v) is 3.06. The Morgan fingerprint density at radius 2 is 1.81 bits per heavy atom. The number of imidazole rings is 1. The van der Waals surface area contributed by atoms with E-state index in [0.717, 1.165) is 28.0 Å². The first-order valence-corrected chi connectivity index (χ1v) is 8.66. The second kappa shape index (κ2) is 6.96. The lowest BCUT2D eigenvalue weighted by Gasteiger charge is -2.12. The number of ether oxygens (including phenoxy) is 1. The maximum atomic E-state index is 12.7. The van der Waals surface area contributed by atoms with Crippen LogP contribution in [0.2, 0.25) is 0 Å². The molecule has 1 aromatic heterocycles. The van der Waals surface area contributed by atoms with Gasteiger partial charge >= 0.3 is 0 Å². The number of carbonyl (C=O) groups excluding carboxylic acids is 1. The van der Waals surface area contributed by atoms with Crippen LogP contribution in [0.25, 0.3) is 22.4 Å². The average Bonchev–Trinajstić information content (AvgIpc) is 3.12. The Kier molecular flexibility index (Phi) is 4.34. The monoisotopic (exact) mass is 357 g/mol. The molecule has 0 saturated carbocycles. The number of fused-ring (bicyclic) bond motifs is 1. The van der Waals surface area contributed by atoms with Gasteiger partial charge in [0, 0.05) is 11.1 Å². The van der Waals surface area contributed by atoms with Crippen LogP contribution in [-0.4, -0.2) is 23.0 Å². The summed E-state index contributed by atoms with van der Waals surface area (Å²) < 4.78 is 5.42. The summed E-state index contributed by atoms with van der Waals surface area (Å²) >= 11 is 0. The Morgan fingerprint density at radius 3 is 2.59 bits per heavy atom. The maximum Gasteiger partial charge on any atom is 0.256 e. The van der Waals surface area contributed by atoms with Gasteiger partial charge in [-0.15, -0.1) is 0 Å². The number of hydrogen-bond donors (Lipinski definition) is 2. The smallest absolute Gasteiger partial charge is 0.256 e. The number of hydrogen-bond acceptors (Lipinski definition) is 3. The van der Waals surface area contributed by atoms with E-state index in [9.17, 15) is 4.79 Å². The number of aromatic nitrogens is 2. The van der Waals surface area contributed by atoms with Gasteiger partial charge < -0.3 is 15.0 Å². The first kappa shape index (κ1) is 16.8. The first-order valence-electron chi connectivity index (χ1n) is 8.66. The van der Waals surface area contributed by atoms with Gasteiger partial charge in [0.05, 0.1) is 23.8 Å². The summed E-state index contributed by atoms with van der Waals surface area (Å²) in [6.45, 7) is 1.91. The van der Waals surface area contributed by atoms with E-state index in [0.29, 0.717) is 17.0 Å². The van der Waals surface area contributed by atoms with Gasteiger partial charge in [0.25, 0.3) is 5.91 Å². The highest BCUT2D eigenvalue weighted by atomic mass is 16.5. The van der Waals surface area contributed by atoms with Gasteiger partial charge in [-0.1, -0.05) is 30.3 Å². The molecule has 4 aromatic rings. The highest BCUT2D eigenvalue weighted by molar-refractivity contribution is 6.06. The lowest BCUT2D eigenvalue weighted by atomic mass is 10.1. The van der Waals surface area contributed by atoms with Crippen molar-refractivity contribution >= 4 is 22.6 Å². The zero-order chi connectivity index (χ0) is 18.8. The van der Waals surface area contributed by atoms with E-state index >= 15 is 0 Å². The number of benzene rings is 3. The van der Waals surface area contributed by atoms with Gasteiger partial charge in [0.15, 0.2) is 0 Å².